The van der Waals surface area contributed by atoms with Crippen LogP contribution in [0.4, 0.5) is 13.2 Å². The lowest BCUT2D eigenvalue weighted by atomic mass is 10.2. The fourth-order valence-corrected chi connectivity index (χ4v) is 1.56. The number of ether oxygens (including phenoxy) is 2. The van der Waals surface area contributed by atoms with Gasteiger partial charge in [-0.05, 0) is 13.8 Å². The molecular weight excluding hydrogens is 275 g/mol. The highest BCUT2D eigenvalue weighted by Crippen LogP contribution is 2.14. The minimum Gasteiger partial charge on any atom is -0.351 e. The van der Waals surface area contributed by atoms with E-state index in [1.807, 2.05) is 0 Å². The van der Waals surface area contributed by atoms with E-state index in [2.05, 4.69) is 5.32 Å². The molecule has 0 unspecified atom stereocenters. The van der Waals surface area contributed by atoms with Crippen molar-refractivity contribution < 1.29 is 27.4 Å². The van der Waals surface area contributed by atoms with Crippen LogP contribution in [-0.2, 0) is 9.47 Å². The van der Waals surface area contributed by atoms with E-state index >= 15 is 0 Å². The molecule has 0 spiro atoms. The second-order valence-electron chi connectivity index (χ2n) is 3.79. The van der Waals surface area contributed by atoms with Crippen molar-refractivity contribution in [2.45, 2.75) is 20.1 Å². The van der Waals surface area contributed by atoms with Crippen LogP contribution in [0.3, 0.4) is 0 Å². The predicted molar refractivity (Wildman–Crippen MR) is 65.7 cm³/mol. The van der Waals surface area contributed by atoms with E-state index < -0.39 is 35.2 Å². The van der Waals surface area contributed by atoms with Crippen molar-refractivity contribution in [3.05, 3.63) is 35.1 Å². The minimum absolute atomic E-state index is 0.0726. The molecule has 0 saturated carbocycles. The number of carbonyl (C=O) groups is 1. The Kier molecular flexibility index (Phi) is 6.47. The van der Waals surface area contributed by atoms with E-state index in [0.717, 1.165) is 0 Å². The summed E-state index contributed by atoms with van der Waals surface area (Å²) in [5.74, 6) is -4.60. The molecule has 1 N–H and O–H groups in total. The average Bonchev–Trinajstić information content (AvgIpc) is 2.35. The molecule has 0 heterocycles. The van der Waals surface area contributed by atoms with Crippen molar-refractivity contribution in [1.82, 2.24) is 5.32 Å². The third-order valence-electron chi connectivity index (χ3n) is 2.37. The molecular formula is C13H16F3NO3. The van der Waals surface area contributed by atoms with E-state index in [-0.39, 0.29) is 6.54 Å². The number of amides is 1. The largest absolute Gasteiger partial charge is 0.351 e. The molecule has 112 valence electrons. The van der Waals surface area contributed by atoms with Crippen LogP contribution >= 0.6 is 0 Å². The maximum absolute atomic E-state index is 13.4. The molecule has 0 fully saturated rings. The van der Waals surface area contributed by atoms with Gasteiger partial charge in [0.1, 0.15) is 23.0 Å². The molecule has 1 aromatic rings. The van der Waals surface area contributed by atoms with Gasteiger partial charge in [0.15, 0.2) is 6.29 Å². The van der Waals surface area contributed by atoms with Crippen molar-refractivity contribution in [3.63, 3.8) is 0 Å². The van der Waals surface area contributed by atoms with Gasteiger partial charge in [0.25, 0.3) is 5.91 Å². The molecule has 0 radical (unpaired) electrons. The molecule has 0 aliphatic rings. The second-order valence-corrected chi connectivity index (χ2v) is 3.79. The zero-order valence-corrected chi connectivity index (χ0v) is 11.2. The fraction of sp³-hybridized carbons (Fsp3) is 0.462. The van der Waals surface area contributed by atoms with Crippen molar-refractivity contribution in [1.29, 1.82) is 0 Å². The molecule has 0 bridgehead atoms. The number of hydrogen-bond acceptors (Lipinski definition) is 3. The van der Waals surface area contributed by atoms with Crippen LogP contribution in [0.15, 0.2) is 12.1 Å². The first-order valence-electron chi connectivity index (χ1n) is 6.15. The molecule has 0 atom stereocenters. The highest BCUT2D eigenvalue weighted by molar-refractivity contribution is 5.94. The van der Waals surface area contributed by atoms with Gasteiger partial charge in [0.2, 0.25) is 0 Å². The highest BCUT2D eigenvalue weighted by Gasteiger charge is 2.20. The summed E-state index contributed by atoms with van der Waals surface area (Å²) in [5.41, 5.74) is -0.835. The van der Waals surface area contributed by atoms with Crippen molar-refractivity contribution in [3.8, 4) is 0 Å². The quantitative estimate of drug-likeness (QED) is 0.784. The summed E-state index contributed by atoms with van der Waals surface area (Å²) in [6, 6.07) is 0.890. The SMILES string of the molecule is CCOC(CNC(=O)c1c(F)cc(F)cc1F)OCC. The number of carbonyl (C=O) groups excluding carboxylic acids is 1. The van der Waals surface area contributed by atoms with E-state index in [0.29, 0.717) is 25.3 Å². The van der Waals surface area contributed by atoms with Crippen LogP contribution in [0.5, 0.6) is 0 Å². The number of halogens is 3. The lowest BCUT2D eigenvalue weighted by molar-refractivity contribution is -0.131. The minimum atomic E-state index is -1.26. The monoisotopic (exact) mass is 291 g/mol. The van der Waals surface area contributed by atoms with E-state index in [1.165, 1.54) is 0 Å². The molecule has 1 amide bonds. The molecule has 1 aromatic carbocycles. The molecule has 20 heavy (non-hydrogen) atoms. The Morgan fingerprint density at radius 2 is 1.65 bits per heavy atom. The van der Waals surface area contributed by atoms with Gasteiger partial charge >= 0.3 is 0 Å². The maximum Gasteiger partial charge on any atom is 0.257 e. The Labute approximate surface area is 114 Å². The molecule has 7 heteroatoms. The second kappa shape index (κ2) is 7.86. The van der Waals surface area contributed by atoms with Gasteiger partial charge in [0, 0.05) is 25.3 Å². The van der Waals surface area contributed by atoms with Crippen LogP contribution in [0.1, 0.15) is 24.2 Å². The number of hydrogen-bond donors (Lipinski definition) is 1. The van der Waals surface area contributed by atoms with Crippen LogP contribution < -0.4 is 5.32 Å². The summed E-state index contributed by atoms with van der Waals surface area (Å²) in [6.07, 6.45) is -0.708. The van der Waals surface area contributed by atoms with Gasteiger partial charge < -0.3 is 14.8 Å². The molecule has 0 saturated heterocycles. The first-order valence-corrected chi connectivity index (χ1v) is 6.15. The fourth-order valence-electron chi connectivity index (χ4n) is 1.56. The first-order chi connectivity index (χ1) is 9.49. The van der Waals surface area contributed by atoms with Crippen LogP contribution in [-0.4, -0.2) is 32.0 Å². The topological polar surface area (TPSA) is 47.6 Å². The van der Waals surface area contributed by atoms with Gasteiger partial charge in [-0.25, -0.2) is 13.2 Å². The summed E-state index contributed by atoms with van der Waals surface area (Å²) in [6.45, 7) is 4.14. The standard InChI is InChI=1S/C13H16F3NO3/c1-3-19-11(20-4-2)7-17-13(18)12-9(15)5-8(14)6-10(12)16/h5-6,11H,3-4,7H2,1-2H3,(H,17,18). The Morgan fingerprint density at radius 3 is 2.10 bits per heavy atom. The van der Waals surface area contributed by atoms with Gasteiger partial charge in [-0.1, -0.05) is 0 Å². The van der Waals surface area contributed by atoms with Crippen LogP contribution in [0.2, 0.25) is 0 Å². The summed E-state index contributed by atoms with van der Waals surface area (Å²) in [7, 11) is 0. The van der Waals surface area contributed by atoms with Crippen LogP contribution in [0.25, 0.3) is 0 Å². The first kappa shape index (κ1) is 16.5. The molecule has 4 nitrogen and oxygen atoms in total. The van der Waals surface area contributed by atoms with Crippen LogP contribution in [0, 0.1) is 17.5 Å². The number of nitrogens with one attached hydrogen (secondary N) is 1. The highest BCUT2D eigenvalue weighted by atomic mass is 19.1. The molecule has 0 aromatic heterocycles. The normalized spacial score (nSPS) is 10.9. The smallest absolute Gasteiger partial charge is 0.257 e. The van der Waals surface area contributed by atoms with Crippen molar-refractivity contribution in [2.75, 3.05) is 19.8 Å². The predicted octanol–water partition coefficient (Wildman–Crippen LogP) is 2.23. The Balaban J connectivity index is 2.71. The summed E-state index contributed by atoms with van der Waals surface area (Å²) >= 11 is 0. The molecule has 1 rings (SSSR count). The van der Waals surface area contributed by atoms with E-state index in [4.69, 9.17) is 9.47 Å². The Morgan fingerprint density at radius 1 is 1.15 bits per heavy atom. The maximum atomic E-state index is 13.4. The molecule has 0 aliphatic heterocycles. The zero-order chi connectivity index (χ0) is 15.1. The number of rotatable bonds is 7. The van der Waals surface area contributed by atoms with Gasteiger partial charge in [-0.3, -0.25) is 4.79 Å². The summed E-state index contributed by atoms with van der Waals surface area (Å²) < 4.78 is 49.8. The molecule has 0 aliphatic carbocycles. The van der Waals surface area contributed by atoms with Gasteiger partial charge in [-0.2, -0.15) is 0 Å². The van der Waals surface area contributed by atoms with Gasteiger partial charge in [0.05, 0.1) is 6.54 Å². The van der Waals surface area contributed by atoms with Crippen molar-refractivity contribution in [2.24, 2.45) is 0 Å². The Hall–Kier alpha value is -1.60. The average molecular weight is 291 g/mol. The lowest BCUT2D eigenvalue weighted by Gasteiger charge is -2.17. The lowest BCUT2D eigenvalue weighted by Crippen LogP contribution is -2.36. The summed E-state index contributed by atoms with van der Waals surface area (Å²) in [4.78, 5) is 11.7. The van der Waals surface area contributed by atoms with E-state index in [1.54, 1.807) is 13.8 Å². The number of benzene rings is 1. The third kappa shape index (κ3) is 4.50. The Bertz CT molecular complexity index is 439. The van der Waals surface area contributed by atoms with Crippen molar-refractivity contribution >= 4 is 5.91 Å². The zero-order valence-electron chi connectivity index (χ0n) is 11.2. The van der Waals surface area contributed by atoms with E-state index in [9.17, 15) is 18.0 Å². The third-order valence-corrected chi connectivity index (χ3v) is 2.37. The summed E-state index contributed by atoms with van der Waals surface area (Å²) in [5, 5.41) is 2.28. The van der Waals surface area contributed by atoms with Gasteiger partial charge in [-0.15, -0.1) is 0 Å².